The van der Waals surface area contributed by atoms with Crippen LogP contribution in [0.2, 0.25) is 0 Å². The molecule has 1 aliphatic carbocycles. The molecule has 0 saturated carbocycles. The van der Waals surface area contributed by atoms with Gasteiger partial charge in [0, 0.05) is 0 Å². The predicted octanol–water partition coefficient (Wildman–Crippen LogP) is 1.83. The van der Waals surface area contributed by atoms with E-state index in [1.54, 1.807) is 0 Å². The molecule has 1 amide bonds. The van der Waals surface area contributed by atoms with Gasteiger partial charge in [0.15, 0.2) is 6.61 Å². The zero-order chi connectivity index (χ0) is 19.9. The van der Waals surface area contributed by atoms with E-state index in [1.165, 1.54) is 12.5 Å². The fourth-order valence-electron chi connectivity index (χ4n) is 3.11. The molecule has 1 aromatic rings. The number of esters is 1. The Bertz CT molecular complexity index is 763. The van der Waals surface area contributed by atoms with Crippen molar-refractivity contribution in [3.05, 3.63) is 35.4 Å². The van der Waals surface area contributed by atoms with Gasteiger partial charge in [0.05, 0.1) is 11.8 Å². The van der Waals surface area contributed by atoms with Crippen LogP contribution in [-0.4, -0.2) is 38.7 Å². The second kappa shape index (κ2) is 9.85. The maximum absolute atomic E-state index is 12.1. The molecule has 0 bridgehead atoms. The molecule has 0 aromatic heterocycles. The Balaban J connectivity index is 1.81. The number of nitrogens with one attached hydrogen (secondary N) is 2. The van der Waals surface area contributed by atoms with Gasteiger partial charge in [-0.25, -0.2) is 13.1 Å². The minimum Gasteiger partial charge on any atom is -0.454 e. The average molecular weight is 397 g/mol. The standard InChI is InChI=1S/C19H28N2O5S/c1-3-4-12-27(24,25)21-14(2)19(23)26-13-18(22)20-17-11-7-9-15-8-5-6-10-16(15)17/h5-6,8,10,14,17,21H,3-4,7,9,11-13H2,1-2H3,(H,20,22)/t14-,17+/m0/s1. The predicted molar refractivity (Wildman–Crippen MR) is 103 cm³/mol. The monoisotopic (exact) mass is 396 g/mol. The van der Waals surface area contributed by atoms with Gasteiger partial charge >= 0.3 is 5.97 Å². The summed E-state index contributed by atoms with van der Waals surface area (Å²) in [5, 5.41) is 2.89. The van der Waals surface area contributed by atoms with Crippen LogP contribution in [-0.2, 0) is 30.8 Å². The summed E-state index contributed by atoms with van der Waals surface area (Å²) >= 11 is 0. The number of rotatable bonds is 9. The molecule has 8 heteroatoms. The number of amides is 1. The first-order chi connectivity index (χ1) is 12.8. The third-order valence-corrected chi connectivity index (χ3v) is 6.07. The molecule has 27 heavy (non-hydrogen) atoms. The second-order valence-electron chi connectivity index (χ2n) is 6.83. The lowest BCUT2D eigenvalue weighted by molar-refractivity contribution is -0.150. The number of carbonyl (C=O) groups is 2. The van der Waals surface area contributed by atoms with Crippen molar-refractivity contribution in [3.63, 3.8) is 0 Å². The first-order valence-electron chi connectivity index (χ1n) is 9.36. The van der Waals surface area contributed by atoms with E-state index in [-0.39, 0.29) is 11.8 Å². The third kappa shape index (κ3) is 6.62. The van der Waals surface area contributed by atoms with Crippen molar-refractivity contribution in [2.45, 2.75) is 58.0 Å². The molecule has 0 unspecified atom stereocenters. The van der Waals surface area contributed by atoms with Crippen molar-refractivity contribution < 1.29 is 22.7 Å². The molecule has 0 radical (unpaired) electrons. The van der Waals surface area contributed by atoms with Gasteiger partial charge in [0.1, 0.15) is 6.04 Å². The lowest BCUT2D eigenvalue weighted by Gasteiger charge is -2.26. The number of carbonyl (C=O) groups excluding carboxylic acids is 2. The number of sulfonamides is 1. The molecule has 7 nitrogen and oxygen atoms in total. The van der Waals surface area contributed by atoms with E-state index in [2.05, 4.69) is 16.1 Å². The maximum atomic E-state index is 12.1. The van der Waals surface area contributed by atoms with Gasteiger partial charge in [0.2, 0.25) is 10.0 Å². The molecule has 0 saturated heterocycles. The van der Waals surface area contributed by atoms with E-state index in [4.69, 9.17) is 4.74 Å². The molecule has 2 rings (SSSR count). The molecule has 0 fully saturated rings. The molecule has 0 aliphatic heterocycles. The number of hydrogen-bond acceptors (Lipinski definition) is 5. The summed E-state index contributed by atoms with van der Waals surface area (Å²) in [7, 11) is -3.53. The van der Waals surface area contributed by atoms with Crippen LogP contribution in [0.15, 0.2) is 24.3 Å². The van der Waals surface area contributed by atoms with E-state index in [1.807, 2.05) is 25.1 Å². The highest BCUT2D eigenvalue weighted by molar-refractivity contribution is 7.89. The zero-order valence-corrected chi connectivity index (χ0v) is 16.7. The fraction of sp³-hybridized carbons (Fsp3) is 0.579. The quantitative estimate of drug-likeness (QED) is 0.620. The number of ether oxygens (including phenoxy) is 1. The minimum absolute atomic E-state index is 0.0390. The van der Waals surface area contributed by atoms with Crippen molar-refractivity contribution in [3.8, 4) is 0 Å². The fourth-order valence-corrected chi connectivity index (χ4v) is 4.53. The lowest BCUT2D eigenvalue weighted by Crippen LogP contribution is -2.42. The summed E-state index contributed by atoms with van der Waals surface area (Å²) < 4.78 is 30.9. The van der Waals surface area contributed by atoms with Crippen molar-refractivity contribution in [1.29, 1.82) is 0 Å². The van der Waals surface area contributed by atoms with E-state index >= 15 is 0 Å². The topological polar surface area (TPSA) is 102 Å². The molecule has 0 heterocycles. The van der Waals surface area contributed by atoms with Crippen LogP contribution in [0.1, 0.15) is 56.7 Å². The average Bonchev–Trinajstić information content (AvgIpc) is 2.64. The van der Waals surface area contributed by atoms with Crippen molar-refractivity contribution >= 4 is 21.9 Å². The van der Waals surface area contributed by atoms with Gasteiger partial charge in [-0.3, -0.25) is 9.59 Å². The molecular formula is C19H28N2O5S. The van der Waals surface area contributed by atoms with Crippen LogP contribution >= 0.6 is 0 Å². The molecule has 1 aliphatic rings. The summed E-state index contributed by atoms with van der Waals surface area (Å²) in [6, 6.07) is 6.85. The van der Waals surface area contributed by atoms with Crippen LogP contribution in [0, 0.1) is 0 Å². The summed E-state index contributed by atoms with van der Waals surface area (Å²) in [5.74, 6) is -1.21. The van der Waals surface area contributed by atoms with Crippen LogP contribution < -0.4 is 10.0 Å². The molecule has 2 N–H and O–H groups in total. The molecule has 0 spiro atoms. The third-order valence-electron chi connectivity index (χ3n) is 4.53. The Hall–Kier alpha value is -1.93. The number of fused-ring (bicyclic) bond motifs is 1. The zero-order valence-electron chi connectivity index (χ0n) is 15.9. The van der Waals surface area contributed by atoms with Gasteiger partial charge in [-0.2, -0.15) is 0 Å². The van der Waals surface area contributed by atoms with Gasteiger partial charge < -0.3 is 10.1 Å². The van der Waals surface area contributed by atoms with Crippen molar-refractivity contribution in [2.24, 2.45) is 0 Å². The Morgan fingerprint density at radius 1 is 1.30 bits per heavy atom. The first kappa shape index (κ1) is 21.4. The number of benzene rings is 1. The lowest BCUT2D eigenvalue weighted by atomic mass is 9.88. The number of hydrogen-bond donors (Lipinski definition) is 2. The van der Waals surface area contributed by atoms with Crippen LogP contribution in [0.4, 0.5) is 0 Å². The van der Waals surface area contributed by atoms with Crippen molar-refractivity contribution in [2.75, 3.05) is 12.4 Å². The Labute approximate surface area is 160 Å². The minimum atomic E-state index is -3.53. The molecular weight excluding hydrogens is 368 g/mol. The Morgan fingerprint density at radius 2 is 2.04 bits per heavy atom. The van der Waals surface area contributed by atoms with Gasteiger partial charge in [0.25, 0.3) is 5.91 Å². The largest absolute Gasteiger partial charge is 0.454 e. The van der Waals surface area contributed by atoms with E-state index in [9.17, 15) is 18.0 Å². The summed E-state index contributed by atoms with van der Waals surface area (Å²) in [4.78, 5) is 24.1. The van der Waals surface area contributed by atoms with Crippen LogP contribution in [0.5, 0.6) is 0 Å². The normalized spacial score (nSPS) is 17.6. The summed E-state index contributed by atoms with van der Waals surface area (Å²) in [6.45, 7) is 2.86. The summed E-state index contributed by atoms with van der Waals surface area (Å²) in [5.41, 5.74) is 2.32. The molecule has 1 aromatic carbocycles. The van der Waals surface area contributed by atoms with E-state index in [0.29, 0.717) is 6.42 Å². The highest BCUT2D eigenvalue weighted by Gasteiger charge is 2.24. The first-order valence-corrected chi connectivity index (χ1v) is 11.0. The van der Waals surface area contributed by atoms with Gasteiger partial charge in [-0.05, 0) is 43.7 Å². The van der Waals surface area contributed by atoms with Crippen molar-refractivity contribution in [1.82, 2.24) is 10.0 Å². The highest BCUT2D eigenvalue weighted by Crippen LogP contribution is 2.29. The number of aryl methyl sites for hydroxylation is 1. The highest BCUT2D eigenvalue weighted by atomic mass is 32.2. The van der Waals surface area contributed by atoms with E-state index in [0.717, 1.165) is 31.2 Å². The summed E-state index contributed by atoms with van der Waals surface area (Å²) in [6.07, 6.45) is 4.07. The second-order valence-corrected chi connectivity index (χ2v) is 8.70. The van der Waals surface area contributed by atoms with E-state index < -0.39 is 34.5 Å². The molecule has 2 atom stereocenters. The Kier molecular flexibility index (Phi) is 7.79. The van der Waals surface area contributed by atoms with Crippen LogP contribution in [0.25, 0.3) is 0 Å². The van der Waals surface area contributed by atoms with Gasteiger partial charge in [-0.15, -0.1) is 0 Å². The number of unbranched alkanes of at least 4 members (excludes halogenated alkanes) is 1. The molecule has 150 valence electrons. The van der Waals surface area contributed by atoms with Crippen LogP contribution in [0.3, 0.4) is 0 Å². The Morgan fingerprint density at radius 3 is 2.78 bits per heavy atom. The SMILES string of the molecule is CCCCS(=O)(=O)N[C@@H](C)C(=O)OCC(=O)N[C@@H]1CCCc2ccccc21. The maximum Gasteiger partial charge on any atom is 0.324 e. The van der Waals surface area contributed by atoms with Gasteiger partial charge in [-0.1, -0.05) is 37.6 Å². The smallest absolute Gasteiger partial charge is 0.324 e.